The lowest BCUT2D eigenvalue weighted by molar-refractivity contribution is -0.119. The van der Waals surface area contributed by atoms with Gasteiger partial charge in [0.2, 0.25) is 5.91 Å². The molecule has 0 aromatic heterocycles. The number of hydrogen-bond acceptors (Lipinski definition) is 4. The largest absolute Gasteiger partial charge is 0.496 e. The number of anilines is 1. The van der Waals surface area contributed by atoms with Crippen LogP contribution in [0.25, 0.3) is 0 Å². The fraction of sp³-hybridized carbons (Fsp3) is 0.208. The third kappa shape index (κ3) is 6.63. The number of nitrogens with one attached hydrogen (secondary N) is 1. The molecule has 0 aliphatic carbocycles. The summed E-state index contributed by atoms with van der Waals surface area (Å²) < 4.78 is 33.0. The molecule has 0 atom stereocenters. The van der Waals surface area contributed by atoms with Crippen LogP contribution >= 0.6 is 23.2 Å². The van der Waals surface area contributed by atoms with Crippen molar-refractivity contribution in [1.29, 1.82) is 0 Å². The van der Waals surface area contributed by atoms with Gasteiger partial charge in [-0.25, -0.2) is 8.42 Å². The van der Waals surface area contributed by atoms with E-state index in [0.29, 0.717) is 19.4 Å². The number of hydrogen-bond donors (Lipinski definition) is 1. The van der Waals surface area contributed by atoms with Crippen LogP contribution in [0, 0.1) is 0 Å². The molecule has 0 aliphatic rings. The number of nitrogens with zero attached hydrogens (tertiary/aromatic N) is 1. The number of methoxy groups -OCH3 is 1. The van der Waals surface area contributed by atoms with Crippen molar-refractivity contribution in [2.45, 2.75) is 17.7 Å². The first kappa shape index (κ1) is 24.9. The lowest BCUT2D eigenvalue weighted by Gasteiger charge is -2.24. The number of amides is 1. The summed E-state index contributed by atoms with van der Waals surface area (Å²) in [6.45, 7) is -0.0328. The highest BCUT2D eigenvalue weighted by Gasteiger charge is 2.27. The average Bonchev–Trinajstić information content (AvgIpc) is 2.80. The zero-order valence-electron chi connectivity index (χ0n) is 18.0. The molecule has 0 aliphatic heterocycles. The molecule has 0 radical (unpaired) electrons. The minimum atomic E-state index is -4.03. The van der Waals surface area contributed by atoms with Crippen LogP contribution < -0.4 is 14.4 Å². The molecular weight excluding hydrogens is 483 g/mol. The molecule has 1 amide bonds. The average molecular weight is 507 g/mol. The summed E-state index contributed by atoms with van der Waals surface area (Å²) in [7, 11) is -2.41. The predicted molar refractivity (Wildman–Crippen MR) is 132 cm³/mol. The molecule has 0 fully saturated rings. The van der Waals surface area contributed by atoms with Gasteiger partial charge in [-0.1, -0.05) is 59.6 Å². The Bertz CT molecular complexity index is 1180. The number of halogens is 2. The van der Waals surface area contributed by atoms with Gasteiger partial charge in [0, 0.05) is 16.6 Å². The molecule has 0 heterocycles. The maximum atomic E-state index is 13.3. The smallest absolute Gasteiger partial charge is 0.264 e. The van der Waals surface area contributed by atoms with Gasteiger partial charge >= 0.3 is 0 Å². The Morgan fingerprint density at radius 3 is 2.27 bits per heavy atom. The summed E-state index contributed by atoms with van der Waals surface area (Å²) in [6.07, 6.45) is 1.38. The Hall–Kier alpha value is -2.74. The molecule has 0 saturated carbocycles. The Morgan fingerprint density at radius 2 is 1.61 bits per heavy atom. The molecule has 174 valence electrons. The highest BCUT2D eigenvalue weighted by Crippen LogP contribution is 2.29. The Morgan fingerprint density at radius 1 is 0.970 bits per heavy atom. The van der Waals surface area contributed by atoms with Gasteiger partial charge in [0.15, 0.2) is 0 Å². The van der Waals surface area contributed by atoms with Crippen LogP contribution in [0.1, 0.15) is 12.0 Å². The lowest BCUT2D eigenvalue weighted by Crippen LogP contribution is -2.41. The van der Waals surface area contributed by atoms with Gasteiger partial charge < -0.3 is 10.1 Å². The summed E-state index contributed by atoms with van der Waals surface area (Å²) in [5.41, 5.74) is 1.25. The molecule has 3 aromatic carbocycles. The highest BCUT2D eigenvalue weighted by atomic mass is 35.5. The number of rotatable bonds is 10. The molecular formula is C24H24Cl2N2O4S. The van der Waals surface area contributed by atoms with Gasteiger partial charge in [0.1, 0.15) is 12.3 Å². The van der Waals surface area contributed by atoms with E-state index in [4.69, 9.17) is 27.9 Å². The number of ether oxygens (including phenoxy) is 1. The second-order valence-electron chi connectivity index (χ2n) is 7.22. The van der Waals surface area contributed by atoms with Crippen molar-refractivity contribution in [2.75, 3.05) is 24.5 Å². The van der Waals surface area contributed by atoms with E-state index in [9.17, 15) is 13.2 Å². The third-order valence-corrected chi connectivity index (χ3v) is 7.12. The second-order valence-corrected chi connectivity index (χ2v) is 9.95. The van der Waals surface area contributed by atoms with Crippen LogP contribution in [0.2, 0.25) is 10.0 Å². The first-order chi connectivity index (χ1) is 15.8. The Labute approximate surface area is 204 Å². The molecule has 3 rings (SSSR count). The minimum absolute atomic E-state index is 0.0603. The van der Waals surface area contributed by atoms with Crippen molar-refractivity contribution in [2.24, 2.45) is 0 Å². The van der Waals surface area contributed by atoms with Crippen LogP contribution in [-0.2, 0) is 21.2 Å². The standard InChI is InChI=1S/C24H24Cl2N2O4S/c1-32-23-12-6-5-8-18(23)9-7-13-27-24(29)17-28(21-15-19(25)14-20(26)16-21)33(30,31)22-10-3-2-4-11-22/h2-6,8,10-12,14-16H,7,9,13,17H2,1H3,(H,27,29). The maximum Gasteiger partial charge on any atom is 0.264 e. The van der Waals surface area contributed by atoms with Crippen LogP contribution in [0.3, 0.4) is 0 Å². The molecule has 6 nitrogen and oxygen atoms in total. The molecule has 0 saturated heterocycles. The molecule has 3 aromatic rings. The maximum absolute atomic E-state index is 13.3. The second kappa shape index (κ2) is 11.4. The number of carbonyl (C=O) groups excluding carboxylic acids is 1. The molecule has 0 bridgehead atoms. The van der Waals surface area contributed by atoms with E-state index >= 15 is 0 Å². The fourth-order valence-corrected chi connectivity index (χ4v) is 5.26. The minimum Gasteiger partial charge on any atom is -0.496 e. The summed E-state index contributed by atoms with van der Waals surface area (Å²) in [6, 6.07) is 20.0. The van der Waals surface area contributed by atoms with Crippen LogP contribution in [0.5, 0.6) is 5.75 Å². The van der Waals surface area contributed by atoms with Gasteiger partial charge in [-0.3, -0.25) is 9.10 Å². The van der Waals surface area contributed by atoms with Gasteiger partial charge in [0.05, 0.1) is 17.7 Å². The molecule has 33 heavy (non-hydrogen) atoms. The first-order valence-corrected chi connectivity index (χ1v) is 12.4. The van der Waals surface area contributed by atoms with Gasteiger partial charge in [0.25, 0.3) is 10.0 Å². The van der Waals surface area contributed by atoms with E-state index in [1.165, 1.54) is 30.3 Å². The Kier molecular flexibility index (Phi) is 8.61. The number of carbonyl (C=O) groups is 1. The van der Waals surface area contributed by atoms with E-state index in [0.717, 1.165) is 15.6 Å². The van der Waals surface area contributed by atoms with E-state index in [1.54, 1.807) is 25.3 Å². The summed E-state index contributed by atoms with van der Waals surface area (Å²) in [5.74, 6) is 0.354. The topological polar surface area (TPSA) is 75.7 Å². The number of benzene rings is 3. The third-order valence-electron chi connectivity index (χ3n) is 4.89. The van der Waals surface area contributed by atoms with Crippen molar-refractivity contribution in [3.63, 3.8) is 0 Å². The van der Waals surface area contributed by atoms with Crippen molar-refractivity contribution in [1.82, 2.24) is 5.32 Å². The highest BCUT2D eigenvalue weighted by molar-refractivity contribution is 7.92. The zero-order valence-corrected chi connectivity index (χ0v) is 20.3. The number of sulfonamides is 1. The van der Waals surface area contributed by atoms with E-state index in [1.807, 2.05) is 24.3 Å². The first-order valence-electron chi connectivity index (χ1n) is 10.2. The summed E-state index contributed by atoms with van der Waals surface area (Å²) in [4.78, 5) is 12.8. The molecule has 0 spiro atoms. The SMILES string of the molecule is COc1ccccc1CCCNC(=O)CN(c1cc(Cl)cc(Cl)c1)S(=O)(=O)c1ccccc1. The van der Waals surface area contributed by atoms with Gasteiger partial charge in [-0.15, -0.1) is 0 Å². The monoisotopic (exact) mass is 506 g/mol. The number of para-hydroxylation sites is 1. The van der Waals surface area contributed by atoms with E-state index in [-0.39, 0.29) is 20.6 Å². The predicted octanol–water partition coefficient (Wildman–Crippen LogP) is 4.95. The van der Waals surface area contributed by atoms with Crippen molar-refractivity contribution < 1.29 is 17.9 Å². The molecule has 9 heteroatoms. The van der Waals surface area contributed by atoms with Gasteiger partial charge in [-0.05, 0) is 54.8 Å². The van der Waals surface area contributed by atoms with E-state index < -0.39 is 22.5 Å². The number of aryl methyl sites for hydroxylation is 1. The summed E-state index contributed by atoms with van der Waals surface area (Å²) >= 11 is 12.2. The van der Waals surface area contributed by atoms with Gasteiger partial charge in [-0.2, -0.15) is 0 Å². The summed E-state index contributed by atoms with van der Waals surface area (Å²) in [5, 5.41) is 3.32. The quantitative estimate of drug-likeness (QED) is 0.394. The fourth-order valence-electron chi connectivity index (χ4n) is 3.32. The van der Waals surface area contributed by atoms with Crippen LogP contribution in [-0.4, -0.2) is 34.5 Å². The Balaban J connectivity index is 1.72. The van der Waals surface area contributed by atoms with E-state index in [2.05, 4.69) is 5.32 Å². The lowest BCUT2D eigenvalue weighted by atomic mass is 10.1. The zero-order chi connectivity index (χ0) is 23.8. The van der Waals surface area contributed by atoms with Crippen molar-refractivity contribution in [3.8, 4) is 5.75 Å². The molecule has 0 unspecified atom stereocenters. The molecule has 1 N–H and O–H groups in total. The van der Waals surface area contributed by atoms with Crippen LogP contribution in [0.4, 0.5) is 5.69 Å². The van der Waals surface area contributed by atoms with Crippen molar-refractivity contribution in [3.05, 3.63) is 88.4 Å². The van der Waals surface area contributed by atoms with Crippen molar-refractivity contribution >= 4 is 44.8 Å². The normalized spacial score (nSPS) is 11.1. The van der Waals surface area contributed by atoms with Crippen LogP contribution in [0.15, 0.2) is 77.7 Å².